The Hall–Kier alpha value is -2.08. The van der Waals surface area contributed by atoms with Crippen molar-refractivity contribution in [3.63, 3.8) is 0 Å². The van der Waals surface area contributed by atoms with E-state index in [1.165, 1.54) is 12.1 Å². The molecular weight excluding hydrogens is 298 g/mol. The summed E-state index contributed by atoms with van der Waals surface area (Å²) in [6.07, 6.45) is 7.10. The van der Waals surface area contributed by atoms with Crippen LogP contribution in [0.15, 0.2) is 36.8 Å². The van der Waals surface area contributed by atoms with Crippen LogP contribution in [0.4, 0.5) is 14.6 Å². The Morgan fingerprint density at radius 1 is 1.17 bits per heavy atom. The van der Waals surface area contributed by atoms with Crippen molar-refractivity contribution in [1.29, 1.82) is 0 Å². The first-order valence-corrected chi connectivity index (χ1v) is 7.88. The molecule has 0 radical (unpaired) electrons. The molecule has 0 atom stereocenters. The molecule has 0 unspecified atom stereocenters. The predicted octanol–water partition coefficient (Wildman–Crippen LogP) is 2.76. The maximum absolute atomic E-state index is 14.0. The highest BCUT2D eigenvalue weighted by Gasteiger charge is 2.19. The summed E-state index contributed by atoms with van der Waals surface area (Å²) in [6, 6.07) is 3.71. The Kier molecular flexibility index (Phi) is 5.12. The second-order valence-corrected chi connectivity index (χ2v) is 5.87. The molecule has 6 heteroatoms. The second kappa shape index (κ2) is 7.46. The Morgan fingerprint density at radius 2 is 2.00 bits per heavy atom. The van der Waals surface area contributed by atoms with E-state index in [4.69, 9.17) is 0 Å². The molecule has 4 nitrogen and oxygen atoms in total. The van der Waals surface area contributed by atoms with Crippen molar-refractivity contribution in [3.05, 3.63) is 54.0 Å². The maximum Gasteiger partial charge on any atom is 0.147 e. The van der Waals surface area contributed by atoms with E-state index in [2.05, 4.69) is 15.3 Å². The summed E-state index contributed by atoms with van der Waals surface area (Å²) >= 11 is 0. The van der Waals surface area contributed by atoms with Crippen molar-refractivity contribution in [3.8, 4) is 0 Å². The summed E-state index contributed by atoms with van der Waals surface area (Å²) in [5.41, 5.74) is 0.464. The first-order valence-electron chi connectivity index (χ1n) is 7.88. The van der Waals surface area contributed by atoms with Gasteiger partial charge in [0.2, 0.25) is 0 Å². The molecule has 2 heterocycles. The monoisotopic (exact) mass is 318 g/mol. The van der Waals surface area contributed by atoms with Crippen LogP contribution in [-0.2, 0) is 6.54 Å². The first-order chi connectivity index (χ1) is 11.2. The lowest BCUT2D eigenvalue weighted by molar-refractivity contribution is 0.371. The van der Waals surface area contributed by atoms with E-state index in [1.54, 1.807) is 18.6 Å². The molecule has 1 aromatic heterocycles. The van der Waals surface area contributed by atoms with Gasteiger partial charge in [-0.15, -0.1) is 0 Å². The van der Waals surface area contributed by atoms with E-state index >= 15 is 0 Å². The van der Waals surface area contributed by atoms with Crippen molar-refractivity contribution >= 4 is 5.82 Å². The van der Waals surface area contributed by atoms with Crippen molar-refractivity contribution < 1.29 is 8.78 Å². The fourth-order valence-corrected chi connectivity index (χ4v) is 2.93. The van der Waals surface area contributed by atoms with Crippen LogP contribution in [0.3, 0.4) is 0 Å². The molecule has 122 valence electrons. The third-order valence-corrected chi connectivity index (χ3v) is 4.19. The van der Waals surface area contributed by atoms with Crippen molar-refractivity contribution in [2.75, 3.05) is 24.5 Å². The SMILES string of the molecule is Fc1ccc(CN(CC2CCNCC2)c2cnccn2)c(F)c1. The Balaban J connectivity index is 1.79. The molecule has 0 aliphatic carbocycles. The molecule has 2 aromatic rings. The van der Waals surface area contributed by atoms with Gasteiger partial charge < -0.3 is 10.2 Å². The Morgan fingerprint density at radius 3 is 2.70 bits per heavy atom. The summed E-state index contributed by atoms with van der Waals surface area (Å²) in [5, 5.41) is 3.34. The molecule has 0 amide bonds. The molecule has 0 bridgehead atoms. The lowest BCUT2D eigenvalue weighted by Gasteiger charge is -2.31. The molecule has 1 fully saturated rings. The topological polar surface area (TPSA) is 41.0 Å². The smallest absolute Gasteiger partial charge is 0.147 e. The zero-order valence-electron chi connectivity index (χ0n) is 12.9. The van der Waals surface area contributed by atoms with Crippen LogP contribution in [-0.4, -0.2) is 29.6 Å². The number of anilines is 1. The van der Waals surface area contributed by atoms with E-state index in [0.717, 1.165) is 44.4 Å². The van der Waals surface area contributed by atoms with Crippen molar-refractivity contribution in [2.24, 2.45) is 5.92 Å². The van der Waals surface area contributed by atoms with Gasteiger partial charge in [0.05, 0.1) is 6.20 Å². The van der Waals surface area contributed by atoms with Gasteiger partial charge in [0, 0.05) is 37.1 Å². The van der Waals surface area contributed by atoms with Gasteiger partial charge in [0.15, 0.2) is 0 Å². The molecule has 1 aliphatic rings. The van der Waals surface area contributed by atoms with E-state index in [-0.39, 0.29) is 0 Å². The summed E-state index contributed by atoms with van der Waals surface area (Å²) < 4.78 is 27.1. The third-order valence-electron chi connectivity index (χ3n) is 4.19. The highest BCUT2D eigenvalue weighted by Crippen LogP contribution is 2.21. The molecule has 0 saturated carbocycles. The zero-order valence-corrected chi connectivity index (χ0v) is 12.9. The number of nitrogens with zero attached hydrogens (tertiary/aromatic N) is 3. The van der Waals surface area contributed by atoms with Crippen LogP contribution >= 0.6 is 0 Å². The number of hydrogen-bond donors (Lipinski definition) is 1. The molecule has 1 saturated heterocycles. The molecule has 0 spiro atoms. The van der Waals surface area contributed by atoms with Gasteiger partial charge in [-0.1, -0.05) is 6.07 Å². The lowest BCUT2D eigenvalue weighted by Crippen LogP contribution is -2.36. The van der Waals surface area contributed by atoms with Crippen LogP contribution in [0, 0.1) is 17.6 Å². The van der Waals surface area contributed by atoms with Crippen LogP contribution in [0.1, 0.15) is 18.4 Å². The minimum absolute atomic E-state index is 0.356. The molecular formula is C17H20F2N4. The first kappa shape index (κ1) is 15.8. The van der Waals surface area contributed by atoms with E-state index in [0.29, 0.717) is 18.0 Å². The van der Waals surface area contributed by atoms with Crippen LogP contribution in [0.25, 0.3) is 0 Å². The van der Waals surface area contributed by atoms with Crippen molar-refractivity contribution in [1.82, 2.24) is 15.3 Å². The van der Waals surface area contributed by atoms with E-state index in [9.17, 15) is 8.78 Å². The summed E-state index contributed by atoms with van der Waals surface area (Å²) in [6.45, 7) is 3.15. The average Bonchev–Trinajstić information content (AvgIpc) is 2.58. The Bertz CT molecular complexity index is 630. The van der Waals surface area contributed by atoms with Gasteiger partial charge in [-0.25, -0.2) is 13.8 Å². The maximum atomic E-state index is 14.0. The third kappa shape index (κ3) is 4.22. The molecule has 3 rings (SSSR count). The number of hydrogen-bond acceptors (Lipinski definition) is 4. The van der Waals surface area contributed by atoms with Gasteiger partial charge in [-0.3, -0.25) is 4.98 Å². The van der Waals surface area contributed by atoms with Gasteiger partial charge in [0.1, 0.15) is 17.5 Å². The fourth-order valence-electron chi connectivity index (χ4n) is 2.93. The van der Waals surface area contributed by atoms with Gasteiger partial charge in [-0.2, -0.15) is 0 Å². The minimum Gasteiger partial charge on any atom is -0.351 e. The summed E-state index contributed by atoms with van der Waals surface area (Å²) in [7, 11) is 0. The molecule has 1 N–H and O–H groups in total. The second-order valence-electron chi connectivity index (χ2n) is 5.87. The number of nitrogens with one attached hydrogen (secondary N) is 1. The number of rotatable bonds is 5. The van der Waals surface area contributed by atoms with E-state index in [1.807, 2.05) is 4.90 Å². The number of piperidine rings is 1. The fraction of sp³-hybridized carbons (Fsp3) is 0.412. The Labute approximate surface area is 134 Å². The molecule has 1 aliphatic heterocycles. The van der Waals surface area contributed by atoms with Gasteiger partial charge >= 0.3 is 0 Å². The highest BCUT2D eigenvalue weighted by molar-refractivity contribution is 5.37. The number of aromatic nitrogens is 2. The van der Waals surface area contributed by atoms with Gasteiger partial charge in [-0.05, 0) is 37.9 Å². The highest BCUT2D eigenvalue weighted by atomic mass is 19.1. The predicted molar refractivity (Wildman–Crippen MR) is 85.0 cm³/mol. The average molecular weight is 318 g/mol. The minimum atomic E-state index is -0.560. The van der Waals surface area contributed by atoms with Crippen LogP contribution in [0.2, 0.25) is 0 Å². The lowest BCUT2D eigenvalue weighted by atomic mass is 9.97. The van der Waals surface area contributed by atoms with Crippen LogP contribution in [0.5, 0.6) is 0 Å². The normalized spacial score (nSPS) is 15.6. The largest absolute Gasteiger partial charge is 0.351 e. The zero-order chi connectivity index (χ0) is 16.1. The summed E-state index contributed by atoms with van der Waals surface area (Å²) in [5.74, 6) is 0.163. The quantitative estimate of drug-likeness (QED) is 0.920. The molecule has 23 heavy (non-hydrogen) atoms. The standard InChI is InChI=1S/C17H20F2N4/c18-15-2-1-14(16(19)9-15)12-23(17-10-21-7-8-22-17)11-13-3-5-20-6-4-13/h1-2,7-10,13,20H,3-6,11-12H2. The van der Waals surface area contributed by atoms with E-state index < -0.39 is 11.6 Å². The number of halogens is 2. The van der Waals surface area contributed by atoms with Crippen LogP contribution < -0.4 is 10.2 Å². The number of benzene rings is 1. The molecule has 1 aromatic carbocycles. The summed E-state index contributed by atoms with van der Waals surface area (Å²) in [4.78, 5) is 10.5. The van der Waals surface area contributed by atoms with Gasteiger partial charge in [0.25, 0.3) is 0 Å². The van der Waals surface area contributed by atoms with Crippen molar-refractivity contribution in [2.45, 2.75) is 19.4 Å².